The third-order valence-electron chi connectivity index (χ3n) is 1.82. The van der Waals surface area contributed by atoms with Gasteiger partial charge in [0, 0.05) is 19.5 Å². The molecule has 0 radical (unpaired) electrons. The first-order chi connectivity index (χ1) is 7.69. The second-order valence-corrected chi connectivity index (χ2v) is 2.81. The second kappa shape index (κ2) is 5.63. The number of methoxy groups -OCH3 is 1. The van der Waals surface area contributed by atoms with Crippen LogP contribution in [0.15, 0.2) is 12.4 Å². The Morgan fingerprint density at radius 1 is 1.69 bits per heavy atom. The molecular weight excluding hydrogens is 212 g/mol. The molecule has 7 heteroatoms. The monoisotopic (exact) mass is 222 g/mol. The SMILES string of the molecule is COC(CNc1nccnc1C#N)C(=O)O. The van der Waals surface area contributed by atoms with E-state index in [1.165, 1.54) is 19.5 Å². The first-order valence-corrected chi connectivity index (χ1v) is 4.39. The molecule has 0 bridgehead atoms. The fourth-order valence-corrected chi connectivity index (χ4v) is 1.01. The van der Waals surface area contributed by atoms with Crippen molar-refractivity contribution in [2.75, 3.05) is 19.0 Å². The number of nitriles is 1. The van der Waals surface area contributed by atoms with Crippen LogP contribution in [0.1, 0.15) is 5.69 Å². The van der Waals surface area contributed by atoms with Crippen molar-refractivity contribution in [1.29, 1.82) is 5.26 Å². The van der Waals surface area contributed by atoms with Gasteiger partial charge in [0.05, 0.1) is 6.54 Å². The van der Waals surface area contributed by atoms with E-state index in [1.807, 2.05) is 6.07 Å². The molecule has 0 aliphatic carbocycles. The van der Waals surface area contributed by atoms with Crippen LogP contribution in [0.3, 0.4) is 0 Å². The number of nitrogens with one attached hydrogen (secondary N) is 1. The van der Waals surface area contributed by atoms with Crippen LogP contribution in [0.2, 0.25) is 0 Å². The Morgan fingerprint density at radius 3 is 2.94 bits per heavy atom. The number of ether oxygens (including phenoxy) is 1. The minimum absolute atomic E-state index is 0.0131. The summed E-state index contributed by atoms with van der Waals surface area (Å²) in [5.74, 6) is -0.842. The molecule has 0 aliphatic rings. The van der Waals surface area contributed by atoms with Crippen LogP contribution in [0, 0.1) is 11.3 Å². The number of carboxylic acid groups (broad SMARTS) is 1. The lowest BCUT2D eigenvalue weighted by Gasteiger charge is -2.11. The number of aromatic nitrogens is 2. The zero-order valence-corrected chi connectivity index (χ0v) is 8.54. The van der Waals surface area contributed by atoms with Gasteiger partial charge in [-0.3, -0.25) is 0 Å². The summed E-state index contributed by atoms with van der Waals surface area (Å²) in [5.41, 5.74) is 0.114. The van der Waals surface area contributed by atoms with Crippen molar-refractivity contribution >= 4 is 11.8 Å². The molecule has 0 saturated carbocycles. The maximum absolute atomic E-state index is 10.6. The molecule has 1 unspecified atom stereocenters. The van der Waals surface area contributed by atoms with Crippen molar-refractivity contribution in [2.24, 2.45) is 0 Å². The van der Waals surface area contributed by atoms with Crippen molar-refractivity contribution in [3.05, 3.63) is 18.1 Å². The minimum atomic E-state index is -1.09. The summed E-state index contributed by atoms with van der Waals surface area (Å²) >= 11 is 0. The summed E-state index contributed by atoms with van der Waals surface area (Å²) in [4.78, 5) is 18.3. The molecule has 0 aliphatic heterocycles. The van der Waals surface area contributed by atoms with Crippen LogP contribution in [0.25, 0.3) is 0 Å². The van der Waals surface area contributed by atoms with E-state index < -0.39 is 12.1 Å². The van der Waals surface area contributed by atoms with E-state index in [2.05, 4.69) is 15.3 Å². The maximum atomic E-state index is 10.6. The Morgan fingerprint density at radius 2 is 2.38 bits per heavy atom. The summed E-state index contributed by atoms with van der Waals surface area (Å²) in [6.07, 6.45) is 1.80. The van der Waals surface area contributed by atoms with E-state index in [9.17, 15) is 4.79 Å². The largest absolute Gasteiger partial charge is 0.479 e. The molecule has 84 valence electrons. The van der Waals surface area contributed by atoms with Gasteiger partial charge in [0.1, 0.15) is 6.07 Å². The Labute approximate surface area is 91.7 Å². The third kappa shape index (κ3) is 2.90. The van der Waals surface area contributed by atoms with Crippen LogP contribution in [0.4, 0.5) is 5.82 Å². The first kappa shape index (κ1) is 11.9. The predicted octanol–water partition coefficient (Wildman–Crippen LogP) is -0.140. The summed E-state index contributed by atoms with van der Waals surface area (Å²) in [6.45, 7) is 0.0131. The Balaban J connectivity index is 2.67. The van der Waals surface area contributed by atoms with Gasteiger partial charge in [0.25, 0.3) is 0 Å². The minimum Gasteiger partial charge on any atom is -0.479 e. The molecular formula is C9H10N4O3. The van der Waals surface area contributed by atoms with Gasteiger partial charge in [0.2, 0.25) is 0 Å². The van der Waals surface area contributed by atoms with Gasteiger partial charge in [0.15, 0.2) is 17.6 Å². The molecule has 0 fully saturated rings. The summed E-state index contributed by atoms with van der Waals surface area (Å²) in [7, 11) is 1.29. The number of hydrogen-bond acceptors (Lipinski definition) is 6. The third-order valence-corrected chi connectivity index (χ3v) is 1.82. The molecule has 1 aromatic rings. The number of carboxylic acids is 1. The molecule has 2 N–H and O–H groups in total. The van der Waals surface area contributed by atoms with Crippen LogP contribution in [0.5, 0.6) is 0 Å². The molecule has 7 nitrogen and oxygen atoms in total. The van der Waals surface area contributed by atoms with Crippen molar-refractivity contribution in [3.8, 4) is 6.07 Å². The lowest BCUT2D eigenvalue weighted by molar-refractivity contribution is -0.147. The van der Waals surface area contributed by atoms with E-state index in [-0.39, 0.29) is 18.1 Å². The average Bonchev–Trinajstić information content (AvgIpc) is 2.30. The van der Waals surface area contributed by atoms with E-state index >= 15 is 0 Å². The summed E-state index contributed by atoms with van der Waals surface area (Å²) in [5, 5.41) is 20.1. The lowest BCUT2D eigenvalue weighted by Crippen LogP contribution is -2.30. The molecule has 0 aromatic carbocycles. The molecule has 0 spiro atoms. The molecule has 1 atom stereocenters. The quantitative estimate of drug-likeness (QED) is 0.713. The van der Waals surface area contributed by atoms with E-state index in [0.29, 0.717) is 0 Å². The number of aliphatic carboxylic acids is 1. The van der Waals surface area contributed by atoms with Crippen LogP contribution < -0.4 is 5.32 Å². The molecule has 1 heterocycles. The van der Waals surface area contributed by atoms with E-state index in [1.54, 1.807) is 0 Å². The Bertz CT molecular complexity index is 415. The smallest absolute Gasteiger partial charge is 0.334 e. The topological polar surface area (TPSA) is 108 Å². The van der Waals surface area contributed by atoms with Crippen LogP contribution in [-0.2, 0) is 9.53 Å². The lowest BCUT2D eigenvalue weighted by atomic mass is 10.3. The zero-order valence-electron chi connectivity index (χ0n) is 8.54. The molecule has 1 rings (SSSR count). The predicted molar refractivity (Wildman–Crippen MR) is 53.7 cm³/mol. The van der Waals surface area contributed by atoms with Crippen molar-refractivity contribution in [3.63, 3.8) is 0 Å². The summed E-state index contributed by atoms with van der Waals surface area (Å²) in [6, 6.07) is 1.84. The number of hydrogen-bond donors (Lipinski definition) is 2. The van der Waals surface area contributed by atoms with Crippen LogP contribution in [-0.4, -0.2) is 40.8 Å². The molecule has 0 saturated heterocycles. The standard InChI is InChI=1S/C9H10N4O3/c1-16-7(9(14)15)5-13-8-6(4-10)11-2-3-12-8/h2-3,7H,5H2,1H3,(H,12,13)(H,14,15). The van der Waals surface area contributed by atoms with Gasteiger partial charge in [-0.25, -0.2) is 14.8 Å². The molecule has 1 aromatic heterocycles. The van der Waals surface area contributed by atoms with Gasteiger partial charge in [-0.05, 0) is 0 Å². The normalized spacial score (nSPS) is 11.5. The highest BCUT2D eigenvalue weighted by molar-refractivity contribution is 5.73. The van der Waals surface area contributed by atoms with E-state index in [0.717, 1.165) is 0 Å². The summed E-state index contributed by atoms with van der Waals surface area (Å²) < 4.78 is 4.71. The molecule has 16 heavy (non-hydrogen) atoms. The zero-order chi connectivity index (χ0) is 12.0. The second-order valence-electron chi connectivity index (χ2n) is 2.81. The van der Waals surface area contributed by atoms with Crippen molar-refractivity contribution in [1.82, 2.24) is 9.97 Å². The van der Waals surface area contributed by atoms with Crippen LogP contribution >= 0.6 is 0 Å². The highest BCUT2D eigenvalue weighted by Crippen LogP contribution is 2.06. The van der Waals surface area contributed by atoms with Gasteiger partial charge in [-0.15, -0.1) is 0 Å². The molecule has 0 amide bonds. The number of nitrogens with zero attached hydrogens (tertiary/aromatic N) is 3. The highest BCUT2D eigenvalue weighted by atomic mass is 16.5. The maximum Gasteiger partial charge on any atom is 0.334 e. The average molecular weight is 222 g/mol. The highest BCUT2D eigenvalue weighted by Gasteiger charge is 2.16. The fourth-order valence-electron chi connectivity index (χ4n) is 1.01. The number of rotatable bonds is 5. The number of carbonyl (C=O) groups is 1. The Kier molecular flexibility index (Phi) is 4.17. The van der Waals surface area contributed by atoms with Gasteiger partial charge < -0.3 is 15.2 Å². The number of anilines is 1. The Hall–Kier alpha value is -2.20. The fraction of sp³-hybridized carbons (Fsp3) is 0.333. The van der Waals surface area contributed by atoms with Crippen molar-refractivity contribution in [2.45, 2.75) is 6.10 Å². The van der Waals surface area contributed by atoms with Gasteiger partial charge >= 0.3 is 5.97 Å². The van der Waals surface area contributed by atoms with Gasteiger partial charge in [-0.1, -0.05) is 0 Å². The van der Waals surface area contributed by atoms with Crippen molar-refractivity contribution < 1.29 is 14.6 Å². The first-order valence-electron chi connectivity index (χ1n) is 4.39. The van der Waals surface area contributed by atoms with E-state index in [4.69, 9.17) is 15.1 Å². The van der Waals surface area contributed by atoms with Gasteiger partial charge in [-0.2, -0.15) is 5.26 Å².